The number of nitrogens with zero attached hydrogens (tertiary/aromatic N) is 2. The molecule has 2 aromatic heterocycles. The van der Waals surface area contributed by atoms with Gasteiger partial charge in [-0.05, 0) is 49.7 Å². The summed E-state index contributed by atoms with van der Waals surface area (Å²) in [6, 6.07) is 6.95. The molecule has 0 unspecified atom stereocenters. The Labute approximate surface area is 186 Å². The number of aromatic nitrogens is 2. The maximum Gasteiger partial charge on any atom is 0.348 e. The van der Waals surface area contributed by atoms with Crippen molar-refractivity contribution < 1.29 is 33.0 Å². The number of benzene rings is 1. The maximum atomic E-state index is 13.0. The minimum absolute atomic E-state index is 0.00254. The van der Waals surface area contributed by atoms with E-state index in [-0.39, 0.29) is 40.3 Å². The summed E-state index contributed by atoms with van der Waals surface area (Å²) in [6.07, 6.45) is 1.53. The van der Waals surface area contributed by atoms with Crippen molar-refractivity contribution in [3.05, 3.63) is 64.0 Å². The summed E-state index contributed by atoms with van der Waals surface area (Å²) in [7, 11) is 1.21. The number of ether oxygens (including phenoxy) is 3. The Morgan fingerprint density at radius 2 is 1.88 bits per heavy atom. The molecule has 3 rings (SSSR count). The number of rotatable bonds is 8. The van der Waals surface area contributed by atoms with Crippen LogP contribution >= 0.6 is 11.3 Å². The number of carbonyl (C=O) groups excluding carboxylic acids is 3. The third-order valence-corrected chi connectivity index (χ3v) is 5.46. The molecule has 0 aliphatic heterocycles. The molecule has 0 radical (unpaired) electrons. The highest BCUT2D eigenvalue weighted by Crippen LogP contribution is 2.34. The van der Waals surface area contributed by atoms with E-state index in [1.54, 1.807) is 13.8 Å². The van der Waals surface area contributed by atoms with E-state index in [0.717, 1.165) is 11.3 Å². The molecule has 1 aromatic carbocycles. The van der Waals surface area contributed by atoms with Gasteiger partial charge in [0.25, 0.3) is 5.91 Å². The summed E-state index contributed by atoms with van der Waals surface area (Å²) in [6.45, 7) is 3.41. The zero-order valence-corrected chi connectivity index (χ0v) is 18.3. The van der Waals surface area contributed by atoms with Gasteiger partial charge in [0, 0.05) is 6.20 Å². The Hall–Kier alpha value is -3.73. The largest absolute Gasteiger partial charge is 0.471 e. The van der Waals surface area contributed by atoms with E-state index >= 15 is 0 Å². The first-order valence-electron chi connectivity index (χ1n) is 9.46. The molecule has 0 saturated carbocycles. The topological polar surface area (TPSA) is 109 Å². The molecule has 168 valence electrons. The van der Waals surface area contributed by atoms with Gasteiger partial charge in [-0.1, -0.05) is 0 Å². The van der Waals surface area contributed by atoms with Crippen LogP contribution < -0.4 is 10.1 Å². The Morgan fingerprint density at radius 3 is 2.53 bits per heavy atom. The molecule has 0 atom stereocenters. The van der Waals surface area contributed by atoms with E-state index < -0.39 is 17.8 Å². The summed E-state index contributed by atoms with van der Waals surface area (Å²) in [4.78, 5) is 37.3. The molecule has 11 heteroatoms. The van der Waals surface area contributed by atoms with Crippen molar-refractivity contribution in [2.75, 3.05) is 19.0 Å². The van der Waals surface area contributed by atoms with Gasteiger partial charge < -0.3 is 19.5 Å². The second kappa shape index (κ2) is 10.1. The molecule has 0 bridgehead atoms. The van der Waals surface area contributed by atoms with Gasteiger partial charge in [0.2, 0.25) is 0 Å². The number of hydrogen-bond donors (Lipinski definition) is 1. The van der Waals surface area contributed by atoms with E-state index in [9.17, 15) is 18.8 Å². The lowest BCUT2D eigenvalue weighted by Crippen LogP contribution is -2.16. The SMILES string of the molecule is CCOC(=O)c1sc(NC(=O)c2ccn(COc3ccc(F)cc3)n2)c(C(=O)OC)c1C. The van der Waals surface area contributed by atoms with Crippen LogP contribution in [-0.4, -0.2) is 41.3 Å². The molecule has 32 heavy (non-hydrogen) atoms. The Balaban J connectivity index is 1.75. The average Bonchev–Trinajstić information content (AvgIpc) is 3.38. The molecule has 3 aromatic rings. The average molecular weight is 461 g/mol. The number of anilines is 1. The molecule has 0 spiro atoms. The number of halogens is 1. The van der Waals surface area contributed by atoms with Gasteiger partial charge in [-0.15, -0.1) is 11.3 Å². The molecule has 0 aliphatic rings. The zero-order valence-electron chi connectivity index (χ0n) is 17.5. The lowest BCUT2D eigenvalue weighted by Gasteiger charge is -2.06. The van der Waals surface area contributed by atoms with Crippen LogP contribution in [0.4, 0.5) is 9.39 Å². The Morgan fingerprint density at radius 1 is 1.16 bits per heavy atom. The smallest absolute Gasteiger partial charge is 0.348 e. The summed E-state index contributed by atoms with van der Waals surface area (Å²) in [5, 5.41) is 6.89. The lowest BCUT2D eigenvalue weighted by atomic mass is 10.1. The summed E-state index contributed by atoms with van der Waals surface area (Å²) >= 11 is 0.919. The van der Waals surface area contributed by atoms with Crippen molar-refractivity contribution in [3.8, 4) is 5.75 Å². The Kier molecular flexibility index (Phi) is 7.21. The molecular formula is C21H20FN3O6S. The van der Waals surface area contributed by atoms with Crippen molar-refractivity contribution in [1.82, 2.24) is 9.78 Å². The number of hydrogen-bond acceptors (Lipinski definition) is 8. The standard InChI is InChI=1S/C21H20FN3O6S/c1-4-30-21(28)17-12(2)16(20(27)29-3)19(32-17)23-18(26)15-9-10-25(24-15)11-31-14-7-5-13(22)6-8-14/h5-10H,4,11H2,1-3H3,(H,23,26). The second-order valence-corrected chi connectivity index (χ2v) is 7.41. The van der Waals surface area contributed by atoms with Gasteiger partial charge in [0.1, 0.15) is 21.4 Å². The highest BCUT2D eigenvalue weighted by atomic mass is 32.1. The molecule has 9 nitrogen and oxygen atoms in total. The zero-order chi connectivity index (χ0) is 23.3. The van der Waals surface area contributed by atoms with Gasteiger partial charge in [-0.2, -0.15) is 5.10 Å². The number of carbonyl (C=O) groups is 3. The highest BCUT2D eigenvalue weighted by Gasteiger charge is 2.27. The lowest BCUT2D eigenvalue weighted by molar-refractivity contribution is 0.0531. The van der Waals surface area contributed by atoms with E-state index in [2.05, 4.69) is 10.4 Å². The molecule has 0 aliphatic carbocycles. The van der Waals surface area contributed by atoms with Gasteiger partial charge in [0.15, 0.2) is 12.4 Å². The number of thiophene rings is 1. The minimum atomic E-state index is -0.692. The number of nitrogens with one attached hydrogen (secondary N) is 1. The van der Waals surface area contributed by atoms with Crippen LogP contribution in [0.2, 0.25) is 0 Å². The maximum absolute atomic E-state index is 13.0. The number of methoxy groups -OCH3 is 1. The second-order valence-electron chi connectivity index (χ2n) is 6.39. The van der Waals surface area contributed by atoms with Crippen molar-refractivity contribution in [1.29, 1.82) is 0 Å². The summed E-state index contributed by atoms with van der Waals surface area (Å²) in [5.41, 5.74) is 0.495. The predicted octanol–water partition coefficient (Wildman–Crippen LogP) is 3.64. The fourth-order valence-corrected chi connectivity index (χ4v) is 3.82. The third-order valence-electron chi connectivity index (χ3n) is 4.27. The Bertz CT molecular complexity index is 1140. The monoisotopic (exact) mass is 461 g/mol. The third kappa shape index (κ3) is 5.11. The van der Waals surface area contributed by atoms with Crippen LogP contribution in [0.3, 0.4) is 0 Å². The first-order chi connectivity index (χ1) is 15.3. The fraction of sp³-hybridized carbons (Fsp3) is 0.238. The van der Waals surface area contributed by atoms with E-state index in [0.29, 0.717) is 11.3 Å². The summed E-state index contributed by atoms with van der Waals surface area (Å²) in [5.74, 6) is -1.81. The molecule has 0 saturated heterocycles. The van der Waals surface area contributed by atoms with Gasteiger partial charge in [-0.3, -0.25) is 4.79 Å². The minimum Gasteiger partial charge on any atom is -0.471 e. The van der Waals surface area contributed by atoms with Crippen molar-refractivity contribution in [2.45, 2.75) is 20.6 Å². The molecule has 2 heterocycles. The molecular weight excluding hydrogens is 441 g/mol. The van der Waals surface area contributed by atoms with Gasteiger partial charge in [0.05, 0.1) is 19.3 Å². The van der Waals surface area contributed by atoms with Crippen LogP contribution in [0.1, 0.15) is 43.0 Å². The first-order valence-corrected chi connectivity index (χ1v) is 10.3. The quantitative estimate of drug-likeness (QED) is 0.510. The van der Waals surface area contributed by atoms with Crippen molar-refractivity contribution in [2.24, 2.45) is 0 Å². The van der Waals surface area contributed by atoms with Crippen LogP contribution in [0.25, 0.3) is 0 Å². The van der Waals surface area contributed by atoms with Gasteiger partial charge >= 0.3 is 11.9 Å². The van der Waals surface area contributed by atoms with Crippen LogP contribution in [0.5, 0.6) is 5.75 Å². The van der Waals surface area contributed by atoms with Crippen molar-refractivity contribution >= 4 is 34.2 Å². The van der Waals surface area contributed by atoms with Crippen LogP contribution in [-0.2, 0) is 16.2 Å². The predicted molar refractivity (Wildman–Crippen MR) is 114 cm³/mol. The molecule has 1 N–H and O–H groups in total. The number of amides is 1. The van der Waals surface area contributed by atoms with E-state index in [4.69, 9.17) is 14.2 Å². The molecule has 1 amide bonds. The summed E-state index contributed by atoms with van der Waals surface area (Å²) < 4.78 is 29.6. The van der Waals surface area contributed by atoms with Crippen molar-refractivity contribution in [3.63, 3.8) is 0 Å². The normalized spacial score (nSPS) is 10.5. The first kappa shape index (κ1) is 22.9. The fourth-order valence-electron chi connectivity index (χ4n) is 2.73. The van der Waals surface area contributed by atoms with Crippen LogP contribution in [0.15, 0.2) is 36.5 Å². The number of esters is 2. The van der Waals surface area contributed by atoms with Gasteiger partial charge in [-0.25, -0.2) is 18.7 Å². The highest BCUT2D eigenvalue weighted by molar-refractivity contribution is 7.18. The molecule has 0 fully saturated rings. The van der Waals surface area contributed by atoms with E-state index in [1.165, 1.54) is 48.3 Å². The van der Waals surface area contributed by atoms with Crippen LogP contribution in [0, 0.1) is 12.7 Å². The van der Waals surface area contributed by atoms with E-state index in [1.807, 2.05) is 0 Å².